The molecule has 1 aromatic rings. The van der Waals surface area contributed by atoms with Crippen molar-refractivity contribution in [3.63, 3.8) is 0 Å². The third-order valence-corrected chi connectivity index (χ3v) is 4.17. The van der Waals surface area contributed by atoms with Crippen molar-refractivity contribution in [1.29, 1.82) is 0 Å². The van der Waals surface area contributed by atoms with Crippen LogP contribution in [0.2, 0.25) is 0 Å². The molecule has 1 unspecified atom stereocenters. The standard InChI is InChI=1S/C15H22N2S/c1-11-5-7-13(8-6-11)12(2)16-14-17-15(3,4)9-10-18-14/h5-8,12H,9-10H2,1-4H3,(H,16,17). The number of hydrogen-bond donors (Lipinski definition) is 1. The van der Waals surface area contributed by atoms with E-state index in [1.54, 1.807) is 0 Å². The molecule has 18 heavy (non-hydrogen) atoms. The molecule has 3 heteroatoms. The molecule has 0 radical (unpaired) electrons. The first kappa shape index (κ1) is 13.5. The maximum Gasteiger partial charge on any atom is 0.157 e. The van der Waals surface area contributed by atoms with E-state index in [1.165, 1.54) is 17.5 Å². The van der Waals surface area contributed by atoms with Crippen LogP contribution >= 0.6 is 11.8 Å². The molecule has 2 rings (SSSR count). The van der Waals surface area contributed by atoms with Gasteiger partial charge in [0.1, 0.15) is 0 Å². The highest BCUT2D eigenvalue weighted by molar-refractivity contribution is 8.13. The van der Waals surface area contributed by atoms with Crippen molar-refractivity contribution >= 4 is 16.9 Å². The van der Waals surface area contributed by atoms with Crippen molar-refractivity contribution in [2.24, 2.45) is 4.99 Å². The van der Waals surface area contributed by atoms with E-state index >= 15 is 0 Å². The highest BCUT2D eigenvalue weighted by atomic mass is 32.2. The van der Waals surface area contributed by atoms with Crippen LogP contribution in [-0.4, -0.2) is 16.5 Å². The molecular weight excluding hydrogens is 240 g/mol. The van der Waals surface area contributed by atoms with Crippen LogP contribution in [0.5, 0.6) is 0 Å². The summed E-state index contributed by atoms with van der Waals surface area (Å²) in [4.78, 5) is 4.80. The molecule has 1 saturated heterocycles. The number of hydrogen-bond acceptors (Lipinski definition) is 2. The lowest BCUT2D eigenvalue weighted by Crippen LogP contribution is -2.46. The summed E-state index contributed by atoms with van der Waals surface area (Å²) in [6, 6.07) is 8.86. The zero-order chi connectivity index (χ0) is 13.2. The van der Waals surface area contributed by atoms with E-state index in [-0.39, 0.29) is 11.6 Å². The first-order valence-corrected chi connectivity index (χ1v) is 7.50. The maximum absolute atomic E-state index is 4.80. The van der Waals surface area contributed by atoms with E-state index in [9.17, 15) is 0 Å². The molecule has 0 bridgehead atoms. The zero-order valence-corrected chi connectivity index (χ0v) is 12.5. The Morgan fingerprint density at radius 1 is 1.28 bits per heavy atom. The predicted octanol–water partition coefficient (Wildman–Crippen LogP) is 3.92. The van der Waals surface area contributed by atoms with Gasteiger partial charge in [0.2, 0.25) is 0 Å². The minimum Gasteiger partial charge on any atom is -0.360 e. The average Bonchev–Trinajstić information content (AvgIpc) is 2.28. The average molecular weight is 262 g/mol. The van der Waals surface area contributed by atoms with E-state index < -0.39 is 0 Å². The molecule has 1 heterocycles. The van der Waals surface area contributed by atoms with Gasteiger partial charge in [0, 0.05) is 11.3 Å². The van der Waals surface area contributed by atoms with Crippen LogP contribution < -0.4 is 5.32 Å². The van der Waals surface area contributed by atoms with Gasteiger partial charge in [-0.1, -0.05) is 41.6 Å². The fourth-order valence-corrected chi connectivity index (χ4v) is 3.34. The Kier molecular flexibility index (Phi) is 4.00. The fraction of sp³-hybridized carbons (Fsp3) is 0.533. The maximum atomic E-state index is 4.80. The minimum atomic E-state index is 0.178. The molecule has 0 aromatic heterocycles. The van der Waals surface area contributed by atoms with Crippen molar-refractivity contribution in [3.05, 3.63) is 35.4 Å². The van der Waals surface area contributed by atoms with Gasteiger partial charge in [-0.05, 0) is 39.7 Å². The van der Waals surface area contributed by atoms with Crippen LogP contribution in [0.3, 0.4) is 0 Å². The van der Waals surface area contributed by atoms with Gasteiger partial charge in [-0.3, -0.25) is 4.99 Å². The summed E-state index contributed by atoms with van der Waals surface area (Å²) < 4.78 is 0. The molecule has 1 N–H and O–H groups in total. The topological polar surface area (TPSA) is 24.4 Å². The van der Waals surface area contributed by atoms with Gasteiger partial charge in [-0.2, -0.15) is 0 Å². The third-order valence-electron chi connectivity index (χ3n) is 3.28. The van der Waals surface area contributed by atoms with Gasteiger partial charge in [0.25, 0.3) is 0 Å². The Balaban J connectivity index is 2.10. The number of nitrogens with one attached hydrogen (secondary N) is 1. The molecule has 1 fully saturated rings. The van der Waals surface area contributed by atoms with Gasteiger partial charge < -0.3 is 5.32 Å². The van der Waals surface area contributed by atoms with Crippen molar-refractivity contribution in [2.45, 2.75) is 45.7 Å². The molecular formula is C15H22N2S. The van der Waals surface area contributed by atoms with Crippen LogP contribution in [0.25, 0.3) is 0 Å². The summed E-state index contributed by atoms with van der Waals surface area (Å²) in [6.07, 6.45) is 1.19. The fourth-order valence-electron chi connectivity index (χ4n) is 1.96. The molecule has 1 aromatic carbocycles. The largest absolute Gasteiger partial charge is 0.360 e. The first-order chi connectivity index (χ1) is 8.46. The second-order valence-corrected chi connectivity index (χ2v) is 6.71. The first-order valence-electron chi connectivity index (χ1n) is 6.52. The number of benzene rings is 1. The second kappa shape index (κ2) is 5.35. The molecule has 98 valence electrons. The molecule has 0 saturated carbocycles. The summed E-state index contributed by atoms with van der Waals surface area (Å²) in [5, 5.41) is 4.60. The normalized spacial score (nSPS) is 22.6. The van der Waals surface area contributed by atoms with Crippen LogP contribution in [-0.2, 0) is 0 Å². The molecule has 1 aliphatic heterocycles. The summed E-state index contributed by atoms with van der Waals surface area (Å²) >= 11 is 1.83. The molecule has 0 spiro atoms. The highest BCUT2D eigenvalue weighted by Gasteiger charge is 2.24. The lowest BCUT2D eigenvalue weighted by molar-refractivity contribution is 0.445. The van der Waals surface area contributed by atoms with Crippen molar-refractivity contribution in [1.82, 2.24) is 5.32 Å². The SMILES string of the molecule is Cc1ccc(C(C)N=C2NC(C)(C)CCS2)cc1. The van der Waals surface area contributed by atoms with Crippen LogP contribution in [0.1, 0.15) is 44.4 Å². The van der Waals surface area contributed by atoms with Gasteiger partial charge in [-0.25, -0.2) is 0 Å². The summed E-state index contributed by atoms with van der Waals surface area (Å²) in [5.41, 5.74) is 2.75. The van der Waals surface area contributed by atoms with Crippen molar-refractivity contribution in [3.8, 4) is 0 Å². The van der Waals surface area contributed by atoms with Gasteiger partial charge >= 0.3 is 0 Å². The van der Waals surface area contributed by atoms with E-state index in [0.717, 1.165) is 10.9 Å². The van der Waals surface area contributed by atoms with E-state index in [0.29, 0.717) is 0 Å². The van der Waals surface area contributed by atoms with Crippen LogP contribution in [0.4, 0.5) is 0 Å². The molecule has 1 aliphatic rings. The van der Waals surface area contributed by atoms with Crippen LogP contribution in [0, 0.1) is 6.92 Å². The quantitative estimate of drug-likeness (QED) is 0.873. The second-order valence-electron chi connectivity index (χ2n) is 5.63. The summed E-state index contributed by atoms with van der Waals surface area (Å²) in [7, 11) is 0. The van der Waals surface area contributed by atoms with Gasteiger partial charge in [-0.15, -0.1) is 0 Å². The minimum absolute atomic E-state index is 0.178. The van der Waals surface area contributed by atoms with Crippen molar-refractivity contribution in [2.75, 3.05) is 5.75 Å². The highest BCUT2D eigenvalue weighted by Crippen LogP contribution is 2.25. The number of rotatable bonds is 2. The lowest BCUT2D eigenvalue weighted by atomic mass is 10.0. The molecule has 0 aliphatic carbocycles. The number of amidine groups is 1. The van der Waals surface area contributed by atoms with Gasteiger partial charge in [0.05, 0.1) is 6.04 Å². The summed E-state index contributed by atoms with van der Waals surface area (Å²) in [6.45, 7) is 8.74. The Labute approximate surface area is 114 Å². The number of aryl methyl sites for hydroxylation is 1. The Hall–Kier alpha value is -0.960. The number of nitrogens with zero attached hydrogens (tertiary/aromatic N) is 1. The lowest BCUT2D eigenvalue weighted by Gasteiger charge is -2.32. The smallest absolute Gasteiger partial charge is 0.157 e. The zero-order valence-electron chi connectivity index (χ0n) is 11.7. The summed E-state index contributed by atoms with van der Waals surface area (Å²) in [5.74, 6) is 1.15. The van der Waals surface area contributed by atoms with Gasteiger partial charge in [0.15, 0.2) is 5.17 Å². The number of thioether (sulfide) groups is 1. The van der Waals surface area contributed by atoms with E-state index in [2.05, 4.69) is 57.3 Å². The monoisotopic (exact) mass is 262 g/mol. The molecule has 1 atom stereocenters. The third kappa shape index (κ3) is 3.52. The van der Waals surface area contributed by atoms with Crippen LogP contribution in [0.15, 0.2) is 29.3 Å². The molecule has 0 amide bonds. The Bertz CT molecular complexity index is 434. The Morgan fingerprint density at radius 3 is 2.56 bits per heavy atom. The van der Waals surface area contributed by atoms with E-state index in [1.807, 2.05) is 11.8 Å². The molecule has 2 nitrogen and oxygen atoms in total. The number of aliphatic imine (C=N–C) groups is 1. The van der Waals surface area contributed by atoms with E-state index in [4.69, 9.17) is 4.99 Å². The predicted molar refractivity (Wildman–Crippen MR) is 81.3 cm³/mol. The van der Waals surface area contributed by atoms with Crippen molar-refractivity contribution < 1.29 is 0 Å². The Morgan fingerprint density at radius 2 is 1.94 bits per heavy atom.